The van der Waals surface area contributed by atoms with Gasteiger partial charge in [0, 0.05) is 17.1 Å². The monoisotopic (exact) mass is 442 g/mol. The van der Waals surface area contributed by atoms with Crippen LogP contribution in [0.1, 0.15) is 29.6 Å². The minimum absolute atomic E-state index is 0.142. The van der Waals surface area contributed by atoms with Crippen molar-refractivity contribution >= 4 is 35.0 Å². The van der Waals surface area contributed by atoms with E-state index in [4.69, 9.17) is 28.9 Å². The zero-order valence-corrected chi connectivity index (χ0v) is 16.5. The SMILES string of the molecule is NC(=O)C[C@H](NC(=O)C1CNNC1c1ccc(Cl)cc1F)c1ccc(F)c(Cl)c1. The van der Waals surface area contributed by atoms with Crippen LogP contribution in [0.4, 0.5) is 8.78 Å². The topological polar surface area (TPSA) is 96.2 Å². The summed E-state index contributed by atoms with van der Waals surface area (Å²) in [5, 5.41) is 2.84. The number of amides is 2. The summed E-state index contributed by atoms with van der Waals surface area (Å²) in [6.45, 7) is 0.228. The second kappa shape index (κ2) is 9.04. The molecule has 2 aromatic rings. The summed E-state index contributed by atoms with van der Waals surface area (Å²) in [5.74, 6) is -2.94. The van der Waals surface area contributed by atoms with Crippen LogP contribution in [0.25, 0.3) is 0 Å². The Bertz CT molecular complexity index is 944. The number of nitrogens with two attached hydrogens (primary N) is 1. The van der Waals surface area contributed by atoms with Crippen LogP contribution in [0.15, 0.2) is 36.4 Å². The average molecular weight is 443 g/mol. The van der Waals surface area contributed by atoms with Gasteiger partial charge in [0.05, 0.1) is 29.4 Å². The molecule has 0 radical (unpaired) electrons. The van der Waals surface area contributed by atoms with Gasteiger partial charge in [-0.25, -0.2) is 14.2 Å². The van der Waals surface area contributed by atoms with Gasteiger partial charge >= 0.3 is 0 Å². The van der Waals surface area contributed by atoms with Crippen molar-refractivity contribution in [3.63, 3.8) is 0 Å². The highest BCUT2D eigenvalue weighted by atomic mass is 35.5. The Kier molecular flexibility index (Phi) is 6.69. The predicted octanol–water partition coefficient (Wildman–Crippen LogP) is 2.77. The van der Waals surface area contributed by atoms with Crippen molar-refractivity contribution in [2.24, 2.45) is 11.7 Å². The fraction of sp³-hybridized carbons (Fsp3) is 0.263. The quantitative estimate of drug-likeness (QED) is 0.552. The number of hydrogen-bond donors (Lipinski definition) is 4. The van der Waals surface area contributed by atoms with Crippen LogP contribution < -0.4 is 21.9 Å². The molecular formula is C19H18Cl2F2N4O2. The minimum atomic E-state index is -0.811. The highest BCUT2D eigenvalue weighted by Crippen LogP contribution is 2.30. The van der Waals surface area contributed by atoms with Crippen LogP contribution in [-0.2, 0) is 9.59 Å². The van der Waals surface area contributed by atoms with E-state index in [-0.39, 0.29) is 28.6 Å². The molecule has 0 bridgehead atoms. The Hall–Kier alpha value is -2.26. The van der Waals surface area contributed by atoms with Gasteiger partial charge in [-0.1, -0.05) is 35.3 Å². The molecule has 3 rings (SSSR count). The van der Waals surface area contributed by atoms with E-state index in [1.165, 1.54) is 30.3 Å². The van der Waals surface area contributed by atoms with Crippen molar-refractivity contribution in [3.05, 3.63) is 69.2 Å². The predicted molar refractivity (Wildman–Crippen MR) is 105 cm³/mol. The highest BCUT2D eigenvalue weighted by Gasteiger charge is 2.36. The number of primary amides is 1. The maximum Gasteiger partial charge on any atom is 0.226 e. The molecular weight excluding hydrogens is 425 g/mol. The lowest BCUT2D eigenvalue weighted by Gasteiger charge is -2.23. The summed E-state index contributed by atoms with van der Waals surface area (Å²) in [6.07, 6.45) is -0.207. The van der Waals surface area contributed by atoms with Crippen LogP contribution in [0.3, 0.4) is 0 Å². The summed E-state index contributed by atoms with van der Waals surface area (Å²) in [5.41, 5.74) is 11.7. The molecule has 1 aliphatic rings. The van der Waals surface area contributed by atoms with Gasteiger partial charge in [-0.05, 0) is 29.8 Å². The van der Waals surface area contributed by atoms with E-state index in [0.717, 1.165) is 6.07 Å². The van der Waals surface area contributed by atoms with E-state index in [1.54, 1.807) is 0 Å². The van der Waals surface area contributed by atoms with Crippen LogP contribution in [0, 0.1) is 17.6 Å². The number of nitrogens with one attached hydrogen (secondary N) is 3. The van der Waals surface area contributed by atoms with Crippen LogP contribution >= 0.6 is 23.2 Å². The zero-order valence-electron chi connectivity index (χ0n) is 15.0. The molecule has 2 aromatic carbocycles. The fourth-order valence-electron chi connectivity index (χ4n) is 3.25. The second-order valence-electron chi connectivity index (χ2n) is 6.68. The normalized spacial score (nSPS) is 19.7. The molecule has 0 aliphatic carbocycles. The molecule has 10 heteroatoms. The average Bonchev–Trinajstić information content (AvgIpc) is 3.12. The molecule has 2 amide bonds. The van der Waals surface area contributed by atoms with Gasteiger partial charge in [0.2, 0.25) is 11.8 Å². The van der Waals surface area contributed by atoms with Crippen molar-refractivity contribution < 1.29 is 18.4 Å². The first kappa shape index (κ1) is 21.4. The summed E-state index contributed by atoms with van der Waals surface area (Å²) in [6, 6.07) is 6.62. The molecule has 29 heavy (non-hydrogen) atoms. The van der Waals surface area contributed by atoms with Gasteiger partial charge in [0.1, 0.15) is 11.6 Å². The smallest absolute Gasteiger partial charge is 0.226 e. The molecule has 5 N–H and O–H groups in total. The third kappa shape index (κ3) is 5.02. The van der Waals surface area contributed by atoms with Gasteiger partial charge in [-0.3, -0.25) is 15.0 Å². The number of benzene rings is 2. The van der Waals surface area contributed by atoms with Crippen molar-refractivity contribution in [2.75, 3.05) is 6.54 Å². The van der Waals surface area contributed by atoms with Gasteiger partial charge in [-0.15, -0.1) is 0 Å². The number of halogens is 4. The Morgan fingerprint density at radius 3 is 2.59 bits per heavy atom. The third-order valence-electron chi connectivity index (χ3n) is 4.68. The molecule has 154 valence electrons. The Morgan fingerprint density at radius 1 is 1.17 bits per heavy atom. The number of carbonyl (C=O) groups is 2. The first-order chi connectivity index (χ1) is 13.8. The molecule has 2 unspecified atom stereocenters. The van der Waals surface area contributed by atoms with E-state index in [0.29, 0.717) is 5.56 Å². The number of rotatable bonds is 6. The number of hydrazine groups is 1. The molecule has 1 saturated heterocycles. The van der Waals surface area contributed by atoms with Gasteiger partial charge in [-0.2, -0.15) is 0 Å². The molecule has 0 spiro atoms. The summed E-state index contributed by atoms with van der Waals surface area (Å²) in [4.78, 5) is 24.4. The molecule has 1 aliphatic heterocycles. The Labute approximate surface area is 175 Å². The number of hydrogen-bond acceptors (Lipinski definition) is 4. The van der Waals surface area contributed by atoms with Gasteiger partial charge in [0.15, 0.2) is 0 Å². The first-order valence-corrected chi connectivity index (χ1v) is 9.49. The van der Waals surface area contributed by atoms with Gasteiger partial charge in [0.25, 0.3) is 0 Å². The van der Waals surface area contributed by atoms with Crippen molar-refractivity contribution in [1.82, 2.24) is 16.2 Å². The van der Waals surface area contributed by atoms with E-state index in [1.807, 2.05) is 0 Å². The number of carbonyl (C=O) groups excluding carboxylic acids is 2. The fourth-order valence-corrected chi connectivity index (χ4v) is 3.60. The second-order valence-corrected chi connectivity index (χ2v) is 7.52. The van der Waals surface area contributed by atoms with Crippen molar-refractivity contribution in [3.8, 4) is 0 Å². The van der Waals surface area contributed by atoms with E-state index >= 15 is 0 Å². The van der Waals surface area contributed by atoms with Crippen molar-refractivity contribution in [1.29, 1.82) is 0 Å². The molecule has 6 nitrogen and oxygen atoms in total. The Morgan fingerprint density at radius 2 is 1.93 bits per heavy atom. The molecule has 1 fully saturated rings. The molecule has 0 saturated carbocycles. The van der Waals surface area contributed by atoms with E-state index < -0.39 is 41.5 Å². The van der Waals surface area contributed by atoms with Crippen molar-refractivity contribution in [2.45, 2.75) is 18.5 Å². The molecule has 0 aromatic heterocycles. The lowest BCUT2D eigenvalue weighted by atomic mass is 9.93. The summed E-state index contributed by atoms with van der Waals surface area (Å²) >= 11 is 11.6. The molecule has 1 heterocycles. The minimum Gasteiger partial charge on any atom is -0.370 e. The van der Waals surface area contributed by atoms with Gasteiger partial charge < -0.3 is 11.1 Å². The summed E-state index contributed by atoms with van der Waals surface area (Å²) < 4.78 is 27.8. The summed E-state index contributed by atoms with van der Waals surface area (Å²) in [7, 11) is 0. The van der Waals surface area contributed by atoms with E-state index in [9.17, 15) is 18.4 Å². The third-order valence-corrected chi connectivity index (χ3v) is 5.21. The van der Waals surface area contributed by atoms with Crippen LogP contribution in [0.2, 0.25) is 10.0 Å². The van der Waals surface area contributed by atoms with Crippen LogP contribution in [-0.4, -0.2) is 18.4 Å². The van der Waals surface area contributed by atoms with E-state index in [2.05, 4.69) is 16.2 Å². The lowest BCUT2D eigenvalue weighted by molar-refractivity contribution is -0.126. The lowest BCUT2D eigenvalue weighted by Crippen LogP contribution is -2.39. The standard InChI is InChI=1S/C19H18Cl2F2N4O2/c20-10-2-3-11(15(23)6-10)18-12(8-25-27-18)19(29)26-16(7-17(24)28)9-1-4-14(22)13(21)5-9/h1-6,12,16,18,25,27H,7-8H2,(H2,24,28)(H,26,29)/t12?,16-,18?/m0/s1. The first-order valence-electron chi connectivity index (χ1n) is 8.73. The highest BCUT2D eigenvalue weighted by molar-refractivity contribution is 6.31. The molecule has 3 atom stereocenters. The van der Waals surface area contributed by atoms with Crippen LogP contribution in [0.5, 0.6) is 0 Å². The maximum absolute atomic E-state index is 14.3. The zero-order chi connectivity index (χ0) is 21.1. The maximum atomic E-state index is 14.3. The largest absolute Gasteiger partial charge is 0.370 e. The Balaban J connectivity index is 1.82.